The molecule has 0 bridgehead atoms. The molecular formula is C16H17NO4. The molecule has 0 spiro atoms. The fraction of sp³-hybridized carbons (Fsp3) is 0.250. The van der Waals surface area contributed by atoms with Gasteiger partial charge in [-0.3, -0.25) is 4.79 Å². The maximum Gasteiger partial charge on any atom is 0.339 e. The van der Waals surface area contributed by atoms with Gasteiger partial charge in [-0.05, 0) is 24.1 Å². The SMILES string of the molecule is CCc1ccc(NC(=O)c2cc(C(=O)O)c(CC)o2)cc1. The predicted octanol–water partition coefficient (Wildman–Crippen LogP) is 3.35. The first-order chi connectivity index (χ1) is 10.0. The van der Waals surface area contributed by atoms with Crippen molar-refractivity contribution in [1.29, 1.82) is 0 Å². The number of hydrogen-bond acceptors (Lipinski definition) is 3. The number of aromatic carboxylic acids is 1. The summed E-state index contributed by atoms with van der Waals surface area (Å²) in [5, 5.41) is 11.7. The zero-order valence-corrected chi connectivity index (χ0v) is 12.0. The standard InChI is InChI=1S/C16H17NO4/c1-3-10-5-7-11(8-6-10)17-15(18)14-9-12(16(19)20)13(4-2)21-14/h5-9H,3-4H2,1-2H3,(H,17,18)(H,19,20). The Kier molecular flexibility index (Phi) is 4.42. The number of benzene rings is 1. The van der Waals surface area contributed by atoms with Crippen LogP contribution in [0.15, 0.2) is 34.7 Å². The highest BCUT2D eigenvalue weighted by Crippen LogP contribution is 2.18. The largest absolute Gasteiger partial charge is 0.478 e. The summed E-state index contributed by atoms with van der Waals surface area (Å²) in [5.74, 6) is -1.25. The first kappa shape index (κ1) is 14.8. The van der Waals surface area contributed by atoms with Crippen LogP contribution in [0.4, 0.5) is 5.69 Å². The van der Waals surface area contributed by atoms with Crippen LogP contribution in [0.2, 0.25) is 0 Å². The van der Waals surface area contributed by atoms with E-state index >= 15 is 0 Å². The van der Waals surface area contributed by atoms with E-state index < -0.39 is 11.9 Å². The molecule has 1 heterocycles. The predicted molar refractivity (Wildman–Crippen MR) is 78.8 cm³/mol. The normalized spacial score (nSPS) is 10.4. The summed E-state index contributed by atoms with van der Waals surface area (Å²) in [7, 11) is 0. The summed E-state index contributed by atoms with van der Waals surface area (Å²) < 4.78 is 5.31. The molecular weight excluding hydrogens is 270 g/mol. The minimum Gasteiger partial charge on any atom is -0.478 e. The van der Waals surface area contributed by atoms with E-state index in [0.29, 0.717) is 17.9 Å². The van der Waals surface area contributed by atoms with Crippen molar-refractivity contribution in [2.45, 2.75) is 26.7 Å². The smallest absolute Gasteiger partial charge is 0.339 e. The van der Waals surface area contributed by atoms with Crippen molar-refractivity contribution in [1.82, 2.24) is 0 Å². The molecule has 110 valence electrons. The van der Waals surface area contributed by atoms with E-state index in [4.69, 9.17) is 9.52 Å². The number of nitrogens with one attached hydrogen (secondary N) is 1. The van der Waals surface area contributed by atoms with Crippen LogP contribution in [0.25, 0.3) is 0 Å². The lowest BCUT2D eigenvalue weighted by Crippen LogP contribution is -2.10. The van der Waals surface area contributed by atoms with E-state index in [1.54, 1.807) is 19.1 Å². The molecule has 0 aliphatic heterocycles. The van der Waals surface area contributed by atoms with Crippen molar-refractivity contribution in [2.75, 3.05) is 5.32 Å². The number of anilines is 1. The molecule has 2 N–H and O–H groups in total. The molecule has 0 aliphatic carbocycles. The lowest BCUT2D eigenvalue weighted by atomic mass is 10.1. The highest BCUT2D eigenvalue weighted by Gasteiger charge is 2.20. The van der Waals surface area contributed by atoms with Crippen LogP contribution in [0.5, 0.6) is 0 Å². The summed E-state index contributed by atoms with van der Waals surface area (Å²) in [6.45, 7) is 3.83. The summed E-state index contributed by atoms with van der Waals surface area (Å²) in [5.41, 5.74) is 1.85. The number of rotatable bonds is 5. The third-order valence-electron chi connectivity index (χ3n) is 3.20. The van der Waals surface area contributed by atoms with Gasteiger partial charge in [0.15, 0.2) is 5.76 Å². The highest BCUT2D eigenvalue weighted by atomic mass is 16.4. The van der Waals surface area contributed by atoms with Gasteiger partial charge >= 0.3 is 5.97 Å². The molecule has 1 aromatic carbocycles. The minimum absolute atomic E-state index is 0.00354. The summed E-state index contributed by atoms with van der Waals surface area (Å²) in [6, 6.07) is 8.73. The average Bonchev–Trinajstić information content (AvgIpc) is 2.92. The molecule has 1 amide bonds. The van der Waals surface area contributed by atoms with Gasteiger partial charge in [0.1, 0.15) is 11.3 Å². The number of carbonyl (C=O) groups is 2. The van der Waals surface area contributed by atoms with E-state index in [1.807, 2.05) is 12.1 Å². The third kappa shape index (κ3) is 3.31. The molecule has 0 aliphatic rings. The number of amides is 1. The fourth-order valence-corrected chi connectivity index (χ4v) is 2.00. The monoisotopic (exact) mass is 287 g/mol. The van der Waals surface area contributed by atoms with Crippen molar-refractivity contribution >= 4 is 17.6 Å². The Hall–Kier alpha value is -2.56. The molecule has 0 atom stereocenters. The Morgan fingerprint density at radius 3 is 2.29 bits per heavy atom. The Bertz CT molecular complexity index is 655. The fourth-order valence-electron chi connectivity index (χ4n) is 2.00. The van der Waals surface area contributed by atoms with Gasteiger partial charge in [0.05, 0.1) is 0 Å². The van der Waals surface area contributed by atoms with Gasteiger partial charge in [-0.25, -0.2) is 4.79 Å². The lowest BCUT2D eigenvalue weighted by molar-refractivity contribution is 0.0694. The Labute approximate surface area is 122 Å². The second kappa shape index (κ2) is 6.26. The van der Waals surface area contributed by atoms with Crippen LogP contribution >= 0.6 is 0 Å². The molecule has 5 nitrogen and oxygen atoms in total. The number of aryl methyl sites for hydroxylation is 2. The minimum atomic E-state index is -1.10. The van der Waals surface area contributed by atoms with Crippen molar-refractivity contribution in [2.24, 2.45) is 0 Å². The molecule has 0 fully saturated rings. The zero-order chi connectivity index (χ0) is 15.4. The van der Waals surface area contributed by atoms with Gasteiger partial charge in [0, 0.05) is 18.2 Å². The average molecular weight is 287 g/mol. The molecule has 0 saturated heterocycles. The zero-order valence-electron chi connectivity index (χ0n) is 12.0. The van der Waals surface area contributed by atoms with Gasteiger partial charge in [-0.1, -0.05) is 26.0 Å². The van der Waals surface area contributed by atoms with Crippen molar-refractivity contribution in [3.63, 3.8) is 0 Å². The second-order valence-electron chi connectivity index (χ2n) is 4.61. The first-order valence-corrected chi connectivity index (χ1v) is 6.81. The van der Waals surface area contributed by atoms with Crippen LogP contribution in [0.3, 0.4) is 0 Å². The van der Waals surface area contributed by atoms with E-state index in [0.717, 1.165) is 6.42 Å². The highest BCUT2D eigenvalue weighted by molar-refractivity contribution is 6.04. The van der Waals surface area contributed by atoms with E-state index in [1.165, 1.54) is 11.6 Å². The van der Waals surface area contributed by atoms with Gasteiger partial charge in [-0.2, -0.15) is 0 Å². The molecule has 2 rings (SSSR count). The summed E-state index contributed by atoms with van der Waals surface area (Å²) in [4.78, 5) is 23.1. The van der Waals surface area contributed by atoms with Crippen LogP contribution in [-0.2, 0) is 12.8 Å². The maximum absolute atomic E-state index is 12.1. The molecule has 1 aromatic heterocycles. The Morgan fingerprint density at radius 1 is 1.14 bits per heavy atom. The number of hydrogen-bond donors (Lipinski definition) is 2. The lowest BCUT2D eigenvalue weighted by Gasteiger charge is -2.04. The van der Waals surface area contributed by atoms with Crippen LogP contribution in [0.1, 0.15) is 46.1 Å². The quantitative estimate of drug-likeness (QED) is 0.883. The third-order valence-corrected chi connectivity index (χ3v) is 3.20. The molecule has 21 heavy (non-hydrogen) atoms. The molecule has 0 saturated carbocycles. The van der Waals surface area contributed by atoms with Crippen LogP contribution < -0.4 is 5.32 Å². The summed E-state index contributed by atoms with van der Waals surface area (Å²) >= 11 is 0. The van der Waals surface area contributed by atoms with Gasteiger partial charge in [0.25, 0.3) is 5.91 Å². The Balaban J connectivity index is 2.17. The number of carboxylic acid groups (broad SMARTS) is 1. The van der Waals surface area contributed by atoms with E-state index in [9.17, 15) is 9.59 Å². The van der Waals surface area contributed by atoms with Crippen molar-refractivity contribution < 1.29 is 19.1 Å². The van der Waals surface area contributed by atoms with E-state index in [-0.39, 0.29) is 11.3 Å². The molecule has 5 heteroatoms. The topological polar surface area (TPSA) is 79.5 Å². The number of carboxylic acids is 1. The first-order valence-electron chi connectivity index (χ1n) is 6.81. The van der Waals surface area contributed by atoms with Gasteiger partial charge in [-0.15, -0.1) is 0 Å². The van der Waals surface area contributed by atoms with Crippen LogP contribution in [-0.4, -0.2) is 17.0 Å². The molecule has 0 radical (unpaired) electrons. The molecule has 2 aromatic rings. The molecule has 0 unspecified atom stereocenters. The van der Waals surface area contributed by atoms with E-state index in [2.05, 4.69) is 12.2 Å². The van der Waals surface area contributed by atoms with Crippen LogP contribution in [0, 0.1) is 0 Å². The Morgan fingerprint density at radius 2 is 1.81 bits per heavy atom. The van der Waals surface area contributed by atoms with Gasteiger partial charge < -0.3 is 14.8 Å². The van der Waals surface area contributed by atoms with Crippen molar-refractivity contribution in [3.8, 4) is 0 Å². The summed E-state index contributed by atoms with van der Waals surface area (Å²) in [6.07, 6.45) is 1.34. The maximum atomic E-state index is 12.1. The number of carbonyl (C=O) groups excluding carboxylic acids is 1. The second-order valence-corrected chi connectivity index (χ2v) is 4.61. The number of furan rings is 1. The van der Waals surface area contributed by atoms with Crippen molar-refractivity contribution in [3.05, 3.63) is 53.0 Å². The van der Waals surface area contributed by atoms with Gasteiger partial charge in [0.2, 0.25) is 0 Å².